The first kappa shape index (κ1) is 13.6. The van der Waals surface area contributed by atoms with E-state index in [1.54, 1.807) is 13.8 Å². The lowest BCUT2D eigenvalue weighted by Gasteiger charge is -2.19. The van der Waals surface area contributed by atoms with E-state index in [0.29, 0.717) is 12.5 Å². The monoisotopic (exact) mass is 260 g/mol. The van der Waals surface area contributed by atoms with Crippen LogP contribution in [0.4, 0.5) is 0 Å². The normalized spacial score (nSPS) is 12.3. The fourth-order valence-electron chi connectivity index (χ4n) is 2.18. The number of carbonyl (C=O) groups is 1. The Morgan fingerprint density at radius 1 is 1.42 bits per heavy atom. The number of aliphatic carboxylic acids is 1. The number of imidazole rings is 1. The molecule has 0 spiro atoms. The minimum atomic E-state index is -0.777. The third-order valence-electron chi connectivity index (χ3n) is 3.42. The second-order valence-electron chi connectivity index (χ2n) is 5.93. The van der Waals surface area contributed by atoms with Crippen molar-refractivity contribution in [3.63, 3.8) is 0 Å². The third kappa shape index (κ3) is 2.62. The van der Waals surface area contributed by atoms with Crippen LogP contribution in [0.3, 0.4) is 0 Å². The van der Waals surface area contributed by atoms with E-state index in [1.807, 2.05) is 24.5 Å². The molecule has 0 radical (unpaired) electrons. The lowest BCUT2D eigenvalue weighted by molar-refractivity contribution is -0.146. The minimum absolute atomic E-state index is 0.367. The Bertz CT molecular complexity index is 612. The molecule has 2 aromatic rings. The first-order chi connectivity index (χ1) is 8.81. The van der Waals surface area contributed by atoms with Crippen molar-refractivity contribution in [3.05, 3.63) is 30.1 Å². The van der Waals surface area contributed by atoms with Crippen LogP contribution in [-0.4, -0.2) is 20.6 Å². The molecule has 0 bridgehead atoms. The number of nitrogens with zero attached hydrogens (tertiary/aromatic N) is 2. The molecular formula is C15H20N2O2. The van der Waals surface area contributed by atoms with Gasteiger partial charge in [0.15, 0.2) is 0 Å². The quantitative estimate of drug-likeness (QED) is 0.917. The molecule has 19 heavy (non-hydrogen) atoms. The predicted octanol–water partition coefficient (Wildman–Crippen LogP) is 3.27. The summed E-state index contributed by atoms with van der Waals surface area (Å²) >= 11 is 0. The Morgan fingerprint density at radius 2 is 2.11 bits per heavy atom. The standard InChI is InChI=1S/C15H20N2O2/c1-10(2)17-9-16-12-7-11(5-6-13(12)17)8-15(3,4)14(18)19/h5-7,9-10H,8H2,1-4H3,(H,18,19). The highest BCUT2D eigenvalue weighted by atomic mass is 16.4. The van der Waals surface area contributed by atoms with E-state index in [-0.39, 0.29) is 0 Å². The van der Waals surface area contributed by atoms with Gasteiger partial charge < -0.3 is 9.67 Å². The van der Waals surface area contributed by atoms with E-state index in [0.717, 1.165) is 16.6 Å². The fourth-order valence-corrected chi connectivity index (χ4v) is 2.18. The Hall–Kier alpha value is -1.84. The number of hydrogen-bond acceptors (Lipinski definition) is 2. The molecule has 4 heteroatoms. The van der Waals surface area contributed by atoms with Crippen molar-refractivity contribution in [1.82, 2.24) is 9.55 Å². The van der Waals surface area contributed by atoms with Gasteiger partial charge in [0.05, 0.1) is 22.8 Å². The number of aromatic nitrogens is 2. The van der Waals surface area contributed by atoms with Crippen LogP contribution in [-0.2, 0) is 11.2 Å². The van der Waals surface area contributed by atoms with E-state index >= 15 is 0 Å². The Morgan fingerprint density at radius 3 is 2.68 bits per heavy atom. The summed E-state index contributed by atoms with van der Waals surface area (Å²) in [5.74, 6) is -0.777. The largest absolute Gasteiger partial charge is 0.481 e. The van der Waals surface area contributed by atoms with Gasteiger partial charge in [-0.05, 0) is 51.8 Å². The molecule has 0 aliphatic carbocycles. The molecule has 0 saturated heterocycles. The first-order valence-corrected chi connectivity index (χ1v) is 6.50. The zero-order valence-electron chi connectivity index (χ0n) is 11.8. The van der Waals surface area contributed by atoms with Gasteiger partial charge in [0.1, 0.15) is 0 Å². The maximum atomic E-state index is 11.2. The van der Waals surface area contributed by atoms with Crippen LogP contribution in [0.25, 0.3) is 11.0 Å². The molecule has 1 aromatic carbocycles. The summed E-state index contributed by atoms with van der Waals surface area (Å²) in [4.78, 5) is 15.6. The molecule has 1 heterocycles. The molecule has 1 N–H and O–H groups in total. The molecule has 0 aliphatic rings. The van der Waals surface area contributed by atoms with Crippen molar-refractivity contribution in [1.29, 1.82) is 0 Å². The van der Waals surface area contributed by atoms with Gasteiger partial charge in [-0.3, -0.25) is 4.79 Å². The lowest BCUT2D eigenvalue weighted by atomic mass is 9.86. The zero-order chi connectivity index (χ0) is 14.2. The fraction of sp³-hybridized carbons (Fsp3) is 0.467. The molecule has 0 amide bonds. The molecular weight excluding hydrogens is 240 g/mol. The van der Waals surface area contributed by atoms with Gasteiger partial charge in [0.2, 0.25) is 0 Å². The first-order valence-electron chi connectivity index (χ1n) is 6.50. The summed E-state index contributed by atoms with van der Waals surface area (Å²) in [6.07, 6.45) is 2.34. The van der Waals surface area contributed by atoms with Crippen molar-refractivity contribution >= 4 is 17.0 Å². The second-order valence-corrected chi connectivity index (χ2v) is 5.93. The maximum absolute atomic E-state index is 11.2. The van der Waals surface area contributed by atoms with E-state index in [2.05, 4.69) is 23.4 Å². The smallest absolute Gasteiger partial charge is 0.309 e. The molecule has 1 aromatic heterocycles. The third-order valence-corrected chi connectivity index (χ3v) is 3.42. The van der Waals surface area contributed by atoms with Crippen LogP contribution in [0.5, 0.6) is 0 Å². The summed E-state index contributed by atoms with van der Waals surface area (Å²) < 4.78 is 2.11. The molecule has 0 fully saturated rings. The highest BCUT2D eigenvalue weighted by molar-refractivity contribution is 5.77. The van der Waals surface area contributed by atoms with Gasteiger partial charge in [-0.15, -0.1) is 0 Å². The van der Waals surface area contributed by atoms with Gasteiger partial charge >= 0.3 is 5.97 Å². The summed E-state index contributed by atoms with van der Waals surface area (Å²) in [7, 11) is 0. The SMILES string of the molecule is CC(C)n1cnc2cc(CC(C)(C)C(=O)O)ccc21. The van der Waals surface area contributed by atoms with Crippen molar-refractivity contribution in [2.45, 2.75) is 40.2 Å². The molecule has 2 rings (SSSR count). The minimum Gasteiger partial charge on any atom is -0.481 e. The van der Waals surface area contributed by atoms with Crippen LogP contribution in [0.15, 0.2) is 24.5 Å². The summed E-state index contributed by atoms with van der Waals surface area (Å²) in [5, 5.41) is 9.17. The predicted molar refractivity (Wildman–Crippen MR) is 75.2 cm³/mol. The number of fused-ring (bicyclic) bond motifs is 1. The van der Waals surface area contributed by atoms with Gasteiger partial charge in [-0.25, -0.2) is 4.98 Å². The summed E-state index contributed by atoms with van der Waals surface area (Å²) in [6.45, 7) is 7.71. The highest BCUT2D eigenvalue weighted by Gasteiger charge is 2.27. The Kier molecular flexibility index (Phi) is 3.35. The number of carboxylic acids is 1. The van der Waals surface area contributed by atoms with Gasteiger partial charge in [-0.2, -0.15) is 0 Å². The molecule has 4 nitrogen and oxygen atoms in total. The maximum Gasteiger partial charge on any atom is 0.309 e. The van der Waals surface area contributed by atoms with Crippen molar-refractivity contribution in [2.24, 2.45) is 5.41 Å². The van der Waals surface area contributed by atoms with E-state index < -0.39 is 11.4 Å². The van der Waals surface area contributed by atoms with Crippen LogP contribution in [0.1, 0.15) is 39.3 Å². The molecule has 0 atom stereocenters. The number of carboxylic acid groups (broad SMARTS) is 1. The van der Waals surface area contributed by atoms with Crippen LogP contribution >= 0.6 is 0 Å². The Balaban J connectivity index is 2.36. The number of hydrogen-bond donors (Lipinski definition) is 1. The van der Waals surface area contributed by atoms with Crippen LogP contribution in [0.2, 0.25) is 0 Å². The molecule has 0 unspecified atom stereocenters. The van der Waals surface area contributed by atoms with Crippen LogP contribution < -0.4 is 0 Å². The lowest BCUT2D eigenvalue weighted by Crippen LogP contribution is -2.26. The topological polar surface area (TPSA) is 55.1 Å². The average Bonchev–Trinajstić information content (AvgIpc) is 2.71. The van der Waals surface area contributed by atoms with E-state index in [4.69, 9.17) is 0 Å². The van der Waals surface area contributed by atoms with E-state index in [1.165, 1.54) is 0 Å². The Labute approximate surface area is 113 Å². The van der Waals surface area contributed by atoms with Crippen molar-refractivity contribution < 1.29 is 9.90 Å². The second kappa shape index (κ2) is 4.68. The number of rotatable bonds is 4. The zero-order valence-corrected chi connectivity index (χ0v) is 11.8. The molecule has 102 valence electrons. The average molecular weight is 260 g/mol. The molecule has 0 aliphatic heterocycles. The number of benzene rings is 1. The summed E-state index contributed by atoms with van der Waals surface area (Å²) in [6, 6.07) is 6.37. The van der Waals surface area contributed by atoms with Gasteiger partial charge in [0, 0.05) is 6.04 Å². The van der Waals surface area contributed by atoms with Crippen LogP contribution in [0, 0.1) is 5.41 Å². The van der Waals surface area contributed by atoms with E-state index in [9.17, 15) is 9.90 Å². The van der Waals surface area contributed by atoms with Crippen molar-refractivity contribution in [3.8, 4) is 0 Å². The van der Waals surface area contributed by atoms with Gasteiger partial charge in [0.25, 0.3) is 0 Å². The molecule has 0 saturated carbocycles. The summed E-state index contributed by atoms with van der Waals surface area (Å²) in [5.41, 5.74) is 2.27. The van der Waals surface area contributed by atoms with Crippen molar-refractivity contribution in [2.75, 3.05) is 0 Å². The van der Waals surface area contributed by atoms with Gasteiger partial charge in [-0.1, -0.05) is 6.07 Å². The highest BCUT2D eigenvalue weighted by Crippen LogP contribution is 2.25.